The standard InChI is InChI=1S/C27H22N4O4/c1-33-19-8-3-16(4-9-19)13-23-29-26-25-24(17-5-10-20(34-2)11-6-17)21-12-7-18(32)14-22(21)35-27(25)28-15-31(26)30-23/h3-12,14-15,24,32H,13H2,1-2H3/t24-/m0/s1. The van der Waals surface area contributed by atoms with Gasteiger partial charge < -0.3 is 19.3 Å². The Morgan fingerprint density at radius 2 is 1.66 bits per heavy atom. The quantitative estimate of drug-likeness (QED) is 0.393. The summed E-state index contributed by atoms with van der Waals surface area (Å²) in [7, 11) is 3.29. The molecule has 0 saturated heterocycles. The summed E-state index contributed by atoms with van der Waals surface area (Å²) in [5.41, 5.74) is 4.52. The highest BCUT2D eigenvalue weighted by Gasteiger charge is 2.33. The monoisotopic (exact) mass is 466 g/mol. The highest BCUT2D eigenvalue weighted by Crippen LogP contribution is 2.48. The highest BCUT2D eigenvalue weighted by atomic mass is 16.5. The fourth-order valence-corrected chi connectivity index (χ4v) is 4.49. The lowest BCUT2D eigenvalue weighted by atomic mass is 9.84. The minimum Gasteiger partial charge on any atom is -0.508 e. The van der Waals surface area contributed by atoms with Crippen LogP contribution in [0.25, 0.3) is 5.65 Å². The van der Waals surface area contributed by atoms with E-state index in [4.69, 9.17) is 19.2 Å². The second-order valence-electron chi connectivity index (χ2n) is 8.31. The molecule has 1 N–H and O–H groups in total. The Morgan fingerprint density at radius 1 is 0.943 bits per heavy atom. The molecular formula is C27H22N4O4. The molecule has 174 valence electrons. The van der Waals surface area contributed by atoms with Gasteiger partial charge in [-0.2, -0.15) is 0 Å². The molecule has 0 bridgehead atoms. The lowest BCUT2D eigenvalue weighted by Gasteiger charge is -2.28. The van der Waals surface area contributed by atoms with Crippen LogP contribution in [-0.4, -0.2) is 38.9 Å². The lowest BCUT2D eigenvalue weighted by molar-refractivity contribution is 0.414. The molecule has 1 aliphatic rings. The first-order chi connectivity index (χ1) is 17.1. The molecule has 0 unspecified atom stereocenters. The smallest absolute Gasteiger partial charge is 0.228 e. The molecule has 0 fully saturated rings. The van der Waals surface area contributed by atoms with Gasteiger partial charge in [0.2, 0.25) is 5.88 Å². The minimum atomic E-state index is -0.213. The Labute approximate surface area is 201 Å². The second kappa shape index (κ2) is 8.32. The van der Waals surface area contributed by atoms with Crippen LogP contribution in [0.3, 0.4) is 0 Å². The molecule has 1 atom stereocenters. The van der Waals surface area contributed by atoms with E-state index >= 15 is 0 Å². The first-order valence-corrected chi connectivity index (χ1v) is 11.1. The zero-order chi connectivity index (χ0) is 23.9. The van der Waals surface area contributed by atoms with Gasteiger partial charge in [-0.3, -0.25) is 0 Å². The number of methoxy groups -OCH3 is 2. The van der Waals surface area contributed by atoms with Crippen molar-refractivity contribution in [2.24, 2.45) is 0 Å². The van der Waals surface area contributed by atoms with Crippen molar-refractivity contribution in [3.05, 3.63) is 101 Å². The zero-order valence-corrected chi connectivity index (χ0v) is 19.2. The number of aromatic nitrogens is 4. The highest BCUT2D eigenvalue weighted by molar-refractivity contribution is 5.66. The van der Waals surface area contributed by atoms with Crippen molar-refractivity contribution in [2.45, 2.75) is 12.3 Å². The number of aromatic hydroxyl groups is 1. The van der Waals surface area contributed by atoms with E-state index < -0.39 is 0 Å². The molecule has 6 rings (SSSR count). The number of hydrogen-bond acceptors (Lipinski definition) is 7. The Morgan fingerprint density at radius 3 is 2.37 bits per heavy atom. The number of phenolic OH excluding ortho intramolecular Hbond substituents is 1. The van der Waals surface area contributed by atoms with Gasteiger partial charge in [0.1, 0.15) is 29.3 Å². The van der Waals surface area contributed by atoms with E-state index in [-0.39, 0.29) is 11.7 Å². The number of hydrogen-bond donors (Lipinski definition) is 1. The number of phenols is 1. The number of benzene rings is 3. The summed E-state index contributed by atoms with van der Waals surface area (Å²) in [6.45, 7) is 0. The molecule has 0 radical (unpaired) electrons. The van der Waals surface area contributed by atoms with Crippen LogP contribution in [0, 0.1) is 0 Å². The summed E-state index contributed by atoms with van der Waals surface area (Å²) in [5, 5.41) is 14.7. The van der Waals surface area contributed by atoms with Gasteiger partial charge in [-0.05, 0) is 41.5 Å². The molecule has 2 aromatic heterocycles. The predicted octanol–water partition coefficient (Wildman–Crippen LogP) is 4.72. The van der Waals surface area contributed by atoms with Crippen LogP contribution in [0.1, 0.15) is 34.0 Å². The van der Waals surface area contributed by atoms with Crippen LogP contribution in [0.2, 0.25) is 0 Å². The molecule has 0 aliphatic carbocycles. The summed E-state index contributed by atoms with van der Waals surface area (Å²) in [4.78, 5) is 9.43. The predicted molar refractivity (Wildman–Crippen MR) is 129 cm³/mol. The number of nitrogens with zero attached hydrogens (tertiary/aromatic N) is 4. The molecule has 0 saturated carbocycles. The van der Waals surface area contributed by atoms with Gasteiger partial charge in [0.05, 0.1) is 19.8 Å². The Hall–Kier alpha value is -4.59. The Balaban J connectivity index is 1.48. The van der Waals surface area contributed by atoms with Gasteiger partial charge in [0.25, 0.3) is 0 Å². The summed E-state index contributed by atoms with van der Waals surface area (Å²) in [5.74, 6) is 3.18. The first kappa shape index (κ1) is 21.0. The Bertz CT molecular complexity index is 1530. The van der Waals surface area contributed by atoms with E-state index in [1.165, 1.54) is 0 Å². The van der Waals surface area contributed by atoms with Crippen LogP contribution in [-0.2, 0) is 6.42 Å². The van der Waals surface area contributed by atoms with E-state index in [0.717, 1.165) is 33.8 Å². The van der Waals surface area contributed by atoms with Gasteiger partial charge in [-0.25, -0.2) is 14.5 Å². The SMILES string of the molecule is COc1ccc(Cc2nc3c4c(ncn3n2)Oc2cc(O)ccc2[C@@H]4c2ccc(OC)cc2)cc1. The normalized spacial score (nSPS) is 14.2. The van der Waals surface area contributed by atoms with Gasteiger partial charge in [-0.15, -0.1) is 5.10 Å². The van der Waals surface area contributed by atoms with Crippen LogP contribution in [0.15, 0.2) is 73.1 Å². The molecule has 3 heterocycles. The fourth-order valence-electron chi connectivity index (χ4n) is 4.49. The average Bonchev–Trinajstić information content (AvgIpc) is 3.30. The molecule has 0 amide bonds. The third-order valence-electron chi connectivity index (χ3n) is 6.20. The van der Waals surface area contributed by atoms with Crippen molar-refractivity contribution in [2.75, 3.05) is 14.2 Å². The largest absolute Gasteiger partial charge is 0.508 e. The fraction of sp³-hybridized carbons (Fsp3) is 0.148. The number of fused-ring (bicyclic) bond motifs is 4. The van der Waals surface area contributed by atoms with E-state index in [0.29, 0.717) is 29.5 Å². The molecular weight excluding hydrogens is 444 g/mol. The van der Waals surface area contributed by atoms with Crippen molar-refractivity contribution in [3.8, 4) is 28.9 Å². The van der Waals surface area contributed by atoms with Crippen LogP contribution >= 0.6 is 0 Å². The van der Waals surface area contributed by atoms with Gasteiger partial charge in [0, 0.05) is 24.0 Å². The van der Waals surface area contributed by atoms with E-state index in [1.807, 2.05) is 54.6 Å². The molecule has 8 heteroatoms. The maximum Gasteiger partial charge on any atom is 0.228 e. The van der Waals surface area contributed by atoms with E-state index in [1.54, 1.807) is 37.2 Å². The van der Waals surface area contributed by atoms with Crippen LogP contribution in [0.5, 0.6) is 28.9 Å². The maximum atomic E-state index is 10.1. The van der Waals surface area contributed by atoms with Crippen molar-refractivity contribution in [1.29, 1.82) is 0 Å². The number of rotatable bonds is 5. The summed E-state index contributed by atoms with van der Waals surface area (Å²) in [6, 6.07) is 20.9. The molecule has 35 heavy (non-hydrogen) atoms. The van der Waals surface area contributed by atoms with Crippen molar-refractivity contribution >= 4 is 5.65 Å². The summed E-state index contributed by atoms with van der Waals surface area (Å²) in [6.07, 6.45) is 2.18. The van der Waals surface area contributed by atoms with E-state index in [2.05, 4.69) is 10.1 Å². The zero-order valence-electron chi connectivity index (χ0n) is 19.2. The third-order valence-corrected chi connectivity index (χ3v) is 6.20. The number of ether oxygens (including phenoxy) is 3. The third kappa shape index (κ3) is 3.69. The summed E-state index contributed by atoms with van der Waals surface area (Å²) >= 11 is 0. The topological polar surface area (TPSA) is 91.0 Å². The van der Waals surface area contributed by atoms with Gasteiger partial charge in [-0.1, -0.05) is 30.3 Å². The van der Waals surface area contributed by atoms with E-state index in [9.17, 15) is 5.11 Å². The molecule has 0 spiro atoms. The Kier molecular flexibility index (Phi) is 4.99. The molecule has 8 nitrogen and oxygen atoms in total. The maximum absolute atomic E-state index is 10.1. The van der Waals surface area contributed by atoms with Crippen molar-refractivity contribution in [1.82, 2.24) is 19.6 Å². The first-order valence-electron chi connectivity index (χ1n) is 11.1. The van der Waals surface area contributed by atoms with Gasteiger partial charge >= 0.3 is 0 Å². The lowest BCUT2D eigenvalue weighted by Crippen LogP contribution is -2.15. The molecule has 1 aliphatic heterocycles. The van der Waals surface area contributed by atoms with Crippen molar-refractivity contribution in [3.63, 3.8) is 0 Å². The summed E-state index contributed by atoms with van der Waals surface area (Å²) < 4.78 is 18.4. The van der Waals surface area contributed by atoms with Crippen LogP contribution < -0.4 is 14.2 Å². The average molecular weight is 466 g/mol. The minimum absolute atomic E-state index is 0.131. The second-order valence-corrected chi connectivity index (χ2v) is 8.31. The van der Waals surface area contributed by atoms with Gasteiger partial charge in [0.15, 0.2) is 11.5 Å². The van der Waals surface area contributed by atoms with Crippen molar-refractivity contribution < 1.29 is 19.3 Å². The molecule has 5 aromatic rings. The van der Waals surface area contributed by atoms with Crippen LogP contribution in [0.4, 0.5) is 0 Å². The molecule has 3 aromatic carbocycles.